The molecule has 0 radical (unpaired) electrons. The number of nitrogens with one attached hydrogen (secondary N) is 1. The predicted molar refractivity (Wildman–Crippen MR) is 55.8 cm³/mol. The van der Waals surface area contributed by atoms with E-state index in [1.165, 1.54) is 38.9 Å². The molecule has 0 unspecified atom stereocenters. The molecule has 2 saturated heterocycles. The van der Waals surface area contributed by atoms with Crippen LogP contribution in [0, 0.1) is 5.92 Å². The lowest BCUT2D eigenvalue weighted by Crippen LogP contribution is -2.45. The van der Waals surface area contributed by atoms with Crippen LogP contribution in [0.4, 0.5) is 0 Å². The Balaban J connectivity index is 1.86. The fourth-order valence-corrected chi connectivity index (χ4v) is 2.70. The van der Waals surface area contributed by atoms with Gasteiger partial charge in [-0.3, -0.25) is 4.90 Å². The number of hydrogen-bond donors (Lipinski definition) is 1. The topological polar surface area (TPSA) is 15.3 Å². The minimum absolute atomic E-state index is 0.716. The van der Waals surface area contributed by atoms with Crippen molar-refractivity contribution in [2.75, 3.05) is 19.6 Å². The van der Waals surface area contributed by atoms with E-state index < -0.39 is 0 Å². The third-order valence-electron chi connectivity index (χ3n) is 3.77. The van der Waals surface area contributed by atoms with Crippen LogP contribution < -0.4 is 5.32 Å². The van der Waals surface area contributed by atoms with E-state index in [0.717, 1.165) is 12.0 Å². The van der Waals surface area contributed by atoms with Gasteiger partial charge in [-0.1, -0.05) is 6.92 Å². The molecular formula is C11H22N2. The van der Waals surface area contributed by atoms with Crippen molar-refractivity contribution in [3.05, 3.63) is 0 Å². The van der Waals surface area contributed by atoms with Crippen LogP contribution in [-0.2, 0) is 0 Å². The maximum atomic E-state index is 3.54. The molecule has 2 heterocycles. The number of likely N-dealkylation sites (tertiary alicyclic amines) is 1. The van der Waals surface area contributed by atoms with Gasteiger partial charge in [0.05, 0.1) is 0 Å². The van der Waals surface area contributed by atoms with Crippen LogP contribution in [0.2, 0.25) is 0 Å². The molecule has 2 aliphatic rings. The molecule has 0 aromatic carbocycles. The lowest BCUT2D eigenvalue weighted by atomic mass is 9.96. The van der Waals surface area contributed by atoms with E-state index in [-0.39, 0.29) is 0 Å². The van der Waals surface area contributed by atoms with Crippen molar-refractivity contribution in [1.29, 1.82) is 0 Å². The lowest BCUT2D eigenvalue weighted by Gasteiger charge is -2.36. The van der Waals surface area contributed by atoms with Crippen molar-refractivity contribution in [1.82, 2.24) is 10.2 Å². The molecule has 0 spiro atoms. The summed E-state index contributed by atoms with van der Waals surface area (Å²) in [6.45, 7) is 8.59. The molecular weight excluding hydrogens is 160 g/mol. The van der Waals surface area contributed by atoms with Crippen LogP contribution in [0.15, 0.2) is 0 Å². The largest absolute Gasteiger partial charge is 0.313 e. The Morgan fingerprint density at radius 1 is 1.08 bits per heavy atom. The molecule has 76 valence electrons. The average Bonchev–Trinajstić information content (AvgIpc) is 2.53. The van der Waals surface area contributed by atoms with Gasteiger partial charge >= 0.3 is 0 Å². The second-order valence-electron chi connectivity index (χ2n) is 4.82. The third kappa shape index (κ3) is 2.05. The van der Waals surface area contributed by atoms with Crippen molar-refractivity contribution in [3.63, 3.8) is 0 Å². The molecule has 0 aliphatic carbocycles. The lowest BCUT2D eigenvalue weighted by molar-refractivity contribution is 0.131. The second-order valence-corrected chi connectivity index (χ2v) is 4.82. The zero-order valence-electron chi connectivity index (χ0n) is 8.92. The van der Waals surface area contributed by atoms with Gasteiger partial charge in [-0.05, 0) is 51.7 Å². The van der Waals surface area contributed by atoms with Crippen LogP contribution >= 0.6 is 0 Å². The highest BCUT2D eigenvalue weighted by atomic mass is 15.2. The fraction of sp³-hybridized carbons (Fsp3) is 1.00. The van der Waals surface area contributed by atoms with Gasteiger partial charge in [0, 0.05) is 12.1 Å². The summed E-state index contributed by atoms with van der Waals surface area (Å²) < 4.78 is 0. The van der Waals surface area contributed by atoms with Gasteiger partial charge in [0.25, 0.3) is 0 Å². The molecule has 2 rings (SSSR count). The van der Waals surface area contributed by atoms with Crippen molar-refractivity contribution in [2.24, 2.45) is 5.92 Å². The van der Waals surface area contributed by atoms with E-state index in [2.05, 4.69) is 24.1 Å². The van der Waals surface area contributed by atoms with E-state index in [1.807, 2.05) is 0 Å². The van der Waals surface area contributed by atoms with Crippen molar-refractivity contribution >= 4 is 0 Å². The van der Waals surface area contributed by atoms with Gasteiger partial charge in [-0.25, -0.2) is 0 Å². The number of hydrogen-bond acceptors (Lipinski definition) is 2. The summed E-state index contributed by atoms with van der Waals surface area (Å²) in [5.41, 5.74) is 0. The van der Waals surface area contributed by atoms with Crippen LogP contribution in [0.25, 0.3) is 0 Å². The Labute approximate surface area is 81.7 Å². The van der Waals surface area contributed by atoms with Gasteiger partial charge in [0.15, 0.2) is 0 Å². The highest BCUT2D eigenvalue weighted by Gasteiger charge is 2.30. The summed E-state index contributed by atoms with van der Waals surface area (Å²) in [6.07, 6.45) is 4.17. The SMILES string of the molecule is CC1CCN([C@H]2CCN[C@@H]2C)CC1. The Morgan fingerprint density at radius 3 is 2.31 bits per heavy atom. The molecule has 13 heavy (non-hydrogen) atoms. The molecule has 0 aromatic rings. The van der Waals surface area contributed by atoms with Crippen LogP contribution in [-0.4, -0.2) is 36.6 Å². The smallest absolute Gasteiger partial charge is 0.0258 e. The fourth-order valence-electron chi connectivity index (χ4n) is 2.70. The maximum absolute atomic E-state index is 3.54. The van der Waals surface area contributed by atoms with Crippen molar-refractivity contribution < 1.29 is 0 Å². The van der Waals surface area contributed by atoms with E-state index >= 15 is 0 Å². The first kappa shape index (κ1) is 9.47. The maximum Gasteiger partial charge on any atom is 0.0258 e. The first-order valence-electron chi connectivity index (χ1n) is 5.75. The number of rotatable bonds is 1. The zero-order valence-corrected chi connectivity index (χ0v) is 8.92. The quantitative estimate of drug-likeness (QED) is 0.660. The van der Waals surface area contributed by atoms with E-state index in [9.17, 15) is 0 Å². The summed E-state index contributed by atoms with van der Waals surface area (Å²) in [7, 11) is 0. The Bertz CT molecular complexity index is 161. The predicted octanol–water partition coefficient (Wildman–Crippen LogP) is 1.47. The van der Waals surface area contributed by atoms with Gasteiger partial charge < -0.3 is 5.32 Å². The van der Waals surface area contributed by atoms with E-state index in [1.54, 1.807) is 0 Å². The zero-order chi connectivity index (χ0) is 9.26. The van der Waals surface area contributed by atoms with Crippen LogP contribution in [0.1, 0.15) is 33.1 Å². The first-order valence-corrected chi connectivity index (χ1v) is 5.75. The Morgan fingerprint density at radius 2 is 1.77 bits per heavy atom. The first-order chi connectivity index (χ1) is 6.27. The molecule has 0 amide bonds. The summed E-state index contributed by atoms with van der Waals surface area (Å²) in [5.74, 6) is 0.959. The summed E-state index contributed by atoms with van der Waals surface area (Å²) >= 11 is 0. The molecule has 0 bridgehead atoms. The normalized spacial score (nSPS) is 38.3. The van der Waals surface area contributed by atoms with E-state index in [4.69, 9.17) is 0 Å². The number of piperidine rings is 1. The summed E-state index contributed by atoms with van der Waals surface area (Å²) in [6, 6.07) is 1.54. The van der Waals surface area contributed by atoms with Gasteiger partial charge in [-0.15, -0.1) is 0 Å². The van der Waals surface area contributed by atoms with Crippen LogP contribution in [0.5, 0.6) is 0 Å². The Hall–Kier alpha value is -0.0800. The molecule has 2 atom stereocenters. The molecule has 2 heteroatoms. The van der Waals surface area contributed by atoms with Gasteiger partial charge in [0.1, 0.15) is 0 Å². The molecule has 1 N–H and O–H groups in total. The standard InChI is InChI=1S/C11H22N2/c1-9-4-7-13(8-5-9)11-3-6-12-10(11)2/h9-12H,3-8H2,1-2H3/t10-,11+/m1/s1. The molecule has 0 aromatic heterocycles. The highest BCUT2D eigenvalue weighted by molar-refractivity contribution is 4.89. The summed E-state index contributed by atoms with van der Waals surface area (Å²) in [4.78, 5) is 2.70. The highest BCUT2D eigenvalue weighted by Crippen LogP contribution is 2.22. The minimum atomic E-state index is 0.716. The monoisotopic (exact) mass is 182 g/mol. The molecule has 0 saturated carbocycles. The van der Waals surface area contributed by atoms with Crippen LogP contribution in [0.3, 0.4) is 0 Å². The average molecular weight is 182 g/mol. The molecule has 2 fully saturated rings. The van der Waals surface area contributed by atoms with Gasteiger partial charge in [-0.2, -0.15) is 0 Å². The van der Waals surface area contributed by atoms with Crippen molar-refractivity contribution in [2.45, 2.75) is 45.2 Å². The van der Waals surface area contributed by atoms with E-state index in [0.29, 0.717) is 6.04 Å². The van der Waals surface area contributed by atoms with Gasteiger partial charge in [0.2, 0.25) is 0 Å². The molecule has 2 nitrogen and oxygen atoms in total. The number of nitrogens with zero attached hydrogens (tertiary/aromatic N) is 1. The second kappa shape index (κ2) is 3.97. The molecule has 2 aliphatic heterocycles. The Kier molecular flexibility index (Phi) is 2.89. The van der Waals surface area contributed by atoms with Crippen molar-refractivity contribution in [3.8, 4) is 0 Å². The third-order valence-corrected chi connectivity index (χ3v) is 3.77. The summed E-state index contributed by atoms with van der Waals surface area (Å²) in [5, 5.41) is 3.54. The minimum Gasteiger partial charge on any atom is -0.313 e.